The van der Waals surface area contributed by atoms with Gasteiger partial charge in [-0.2, -0.15) is 0 Å². The quantitative estimate of drug-likeness (QED) is 0.288. The zero-order valence-corrected chi connectivity index (χ0v) is 19.9. The fraction of sp³-hybridized carbons (Fsp3) is 0.103. The maximum atomic E-state index is 13.2. The van der Waals surface area contributed by atoms with E-state index >= 15 is 0 Å². The highest BCUT2D eigenvalue weighted by molar-refractivity contribution is 8.00. The van der Waals surface area contributed by atoms with Crippen LogP contribution in [-0.2, 0) is 4.79 Å². The first-order valence-corrected chi connectivity index (χ1v) is 11.9. The Morgan fingerprint density at radius 2 is 1.26 bits per heavy atom. The number of thioether (sulfide) groups is 1. The number of carbonyl (C=O) groups excluding carboxylic acids is 2. The molecule has 0 spiro atoms. The van der Waals surface area contributed by atoms with E-state index in [2.05, 4.69) is 10.6 Å². The third kappa shape index (κ3) is 5.94. The Morgan fingerprint density at radius 1 is 0.676 bits per heavy atom. The number of amides is 2. The van der Waals surface area contributed by atoms with Crippen LogP contribution in [0.25, 0.3) is 0 Å². The largest absolute Gasteiger partial charge is 0.325 e. The lowest BCUT2D eigenvalue weighted by atomic mass is 10.1. The fourth-order valence-corrected chi connectivity index (χ4v) is 4.55. The van der Waals surface area contributed by atoms with Crippen molar-refractivity contribution in [2.75, 3.05) is 10.6 Å². The molecular weight excluding hydrogens is 440 g/mol. The minimum absolute atomic E-state index is 0.0861. The van der Waals surface area contributed by atoms with E-state index in [0.29, 0.717) is 11.3 Å². The number of hydrogen-bond acceptors (Lipinski definition) is 3. The summed E-state index contributed by atoms with van der Waals surface area (Å²) in [6.07, 6.45) is 0. The van der Waals surface area contributed by atoms with E-state index in [9.17, 15) is 9.59 Å². The van der Waals surface area contributed by atoms with Gasteiger partial charge in [0.15, 0.2) is 0 Å². The van der Waals surface area contributed by atoms with E-state index in [1.807, 2.05) is 117 Å². The first-order chi connectivity index (χ1) is 16.5. The number of benzene rings is 4. The van der Waals surface area contributed by atoms with Crippen molar-refractivity contribution in [2.24, 2.45) is 0 Å². The van der Waals surface area contributed by atoms with E-state index in [-0.39, 0.29) is 11.8 Å². The molecule has 4 rings (SSSR count). The van der Waals surface area contributed by atoms with Gasteiger partial charge in [0.05, 0.1) is 0 Å². The van der Waals surface area contributed by atoms with Crippen molar-refractivity contribution < 1.29 is 9.59 Å². The third-order valence-corrected chi connectivity index (χ3v) is 6.68. The van der Waals surface area contributed by atoms with Crippen molar-refractivity contribution in [3.63, 3.8) is 0 Å². The second kappa shape index (κ2) is 10.9. The molecular formula is C29H26N2O2S. The van der Waals surface area contributed by atoms with Crippen LogP contribution in [0.2, 0.25) is 0 Å². The van der Waals surface area contributed by atoms with Crippen LogP contribution < -0.4 is 10.6 Å². The lowest BCUT2D eigenvalue weighted by Crippen LogP contribution is -2.19. The van der Waals surface area contributed by atoms with Gasteiger partial charge in [0.2, 0.25) is 5.91 Å². The number of rotatable bonds is 7. The molecule has 4 aromatic rings. The van der Waals surface area contributed by atoms with Crippen LogP contribution in [-0.4, -0.2) is 11.8 Å². The lowest BCUT2D eigenvalue weighted by molar-refractivity contribution is -0.115. The van der Waals surface area contributed by atoms with Gasteiger partial charge < -0.3 is 10.6 Å². The molecule has 0 radical (unpaired) electrons. The lowest BCUT2D eigenvalue weighted by Gasteiger charge is -2.17. The smallest absolute Gasteiger partial charge is 0.255 e. The fourth-order valence-electron chi connectivity index (χ4n) is 3.52. The van der Waals surface area contributed by atoms with Gasteiger partial charge in [0, 0.05) is 21.8 Å². The van der Waals surface area contributed by atoms with Crippen molar-refractivity contribution in [3.8, 4) is 0 Å². The summed E-state index contributed by atoms with van der Waals surface area (Å²) in [4.78, 5) is 26.7. The van der Waals surface area contributed by atoms with Gasteiger partial charge in [-0.3, -0.25) is 9.59 Å². The highest BCUT2D eigenvalue weighted by atomic mass is 32.2. The van der Waals surface area contributed by atoms with Crippen molar-refractivity contribution >= 4 is 35.0 Å². The molecule has 0 aromatic heterocycles. The molecule has 1 atom stereocenters. The molecule has 2 amide bonds. The molecule has 0 fully saturated rings. The molecule has 1 unspecified atom stereocenters. The molecule has 2 N–H and O–H groups in total. The second-order valence-electron chi connectivity index (χ2n) is 8.06. The van der Waals surface area contributed by atoms with Crippen LogP contribution in [0.15, 0.2) is 108 Å². The van der Waals surface area contributed by atoms with Crippen molar-refractivity contribution in [3.05, 3.63) is 125 Å². The van der Waals surface area contributed by atoms with Gasteiger partial charge in [-0.05, 0) is 67.4 Å². The molecule has 5 heteroatoms. The molecule has 0 bridgehead atoms. The number of aryl methyl sites for hydroxylation is 2. The van der Waals surface area contributed by atoms with Crippen LogP contribution in [0.3, 0.4) is 0 Å². The summed E-state index contributed by atoms with van der Waals surface area (Å²) >= 11 is 1.47. The molecule has 0 aliphatic rings. The SMILES string of the molecule is Cc1ccc(NC(=O)C(Sc2ccc(NC(=O)c3ccccc3C)cc2)c2ccccc2)cc1. The number of anilines is 2. The summed E-state index contributed by atoms with van der Waals surface area (Å²) in [5, 5.41) is 5.55. The van der Waals surface area contributed by atoms with Crippen LogP contribution in [0.4, 0.5) is 11.4 Å². The summed E-state index contributed by atoms with van der Waals surface area (Å²) in [6.45, 7) is 3.93. The number of carbonyl (C=O) groups is 2. The summed E-state index contributed by atoms with van der Waals surface area (Å²) < 4.78 is 0. The average molecular weight is 467 g/mol. The van der Waals surface area contributed by atoms with E-state index < -0.39 is 5.25 Å². The van der Waals surface area contributed by atoms with Crippen LogP contribution in [0.1, 0.15) is 32.3 Å². The van der Waals surface area contributed by atoms with E-state index in [4.69, 9.17) is 0 Å². The zero-order valence-electron chi connectivity index (χ0n) is 19.1. The molecule has 4 aromatic carbocycles. The summed E-state index contributed by atoms with van der Waals surface area (Å²) in [7, 11) is 0. The van der Waals surface area contributed by atoms with Gasteiger partial charge in [-0.15, -0.1) is 11.8 Å². The number of nitrogens with one attached hydrogen (secondary N) is 2. The first kappa shape index (κ1) is 23.3. The van der Waals surface area contributed by atoms with Gasteiger partial charge in [-0.1, -0.05) is 66.2 Å². The van der Waals surface area contributed by atoms with Crippen molar-refractivity contribution in [1.29, 1.82) is 0 Å². The Morgan fingerprint density at radius 3 is 1.94 bits per heavy atom. The summed E-state index contributed by atoms with van der Waals surface area (Å²) in [6, 6.07) is 32.6. The molecule has 0 aliphatic heterocycles. The highest BCUT2D eigenvalue weighted by Crippen LogP contribution is 2.36. The minimum atomic E-state index is -0.421. The molecule has 34 heavy (non-hydrogen) atoms. The van der Waals surface area contributed by atoms with E-state index in [0.717, 1.165) is 27.3 Å². The Bertz CT molecular complexity index is 1270. The predicted octanol–water partition coefficient (Wildman–Crippen LogP) is 7.03. The normalized spacial score (nSPS) is 11.5. The predicted molar refractivity (Wildman–Crippen MR) is 140 cm³/mol. The second-order valence-corrected chi connectivity index (χ2v) is 9.24. The van der Waals surface area contributed by atoms with Gasteiger partial charge in [0.25, 0.3) is 5.91 Å². The van der Waals surface area contributed by atoms with Gasteiger partial charge >= 0.3 is 0 Å². The standard InChI is InChI=1S/C29H26N2O2S/c1-20-12-14-23(15-13-20)31-29(33)27(22-9-4-3-5-10-22)34-25-18-16-24(17-19-25)30-28(32)26-11-7-6-8-21(26)2/h3-19,27H,1-2H3,(H,30,32)(H,31,33). The Balaban J connectivity index is 1.49. The van der Waals surface area contributed by atoms with E-state index in [1.54, 1.807) is 0 Å². The molecule has 0 saturated heterocycles. The topological polar surface area (TPSA) is 58.2 Å². The zero-order chi connectivity index (χ0) is 23.9. The van der Waals surface area contributed by atoms with Crippen LogP contribution in [0.5, 0.6) is 0 Å². The molecule has 4 nitrogen and oxygen atoms in total. The van der Waals surface area contributed by atoms with Gasteiger partial charge in [-0.25, -0.2) is 0 Å². The molecule has 0 aliphatic carbocycles. The maximum Gasteiger partial charge on any atom is 0.255 e. The third-order valence-electron chi connectivity index (χ3n) is 5.42. The van der Waals surface area contributed by atoms with Crippen molar-refractivity contribution in [2.45, 2.75) is 24.0 Å². The van der Waals surface area contributed by atoms with Crippen LogP contribution in [0, 0.1) is 13.8 Å². The number of hydrogen-bond donors (Lipinski definition) is 2. The molecule has 170 valence electrons. The Hall–Kier alpha value is -3.83. The molecule has 0 saturated carbocycles. The summed E-state index contributed by atoms with van der Waals surface area (Å²) in [5.74, 6) is -0.227. The highest BCUT2D eigenvalue weighted by Gasteiger charge is 2.22. The van der Waals surface area contributed by atoms with Gasteiger partial charge in [0.1, 0.15) is 5.25 Å². The van der Waals surface area contributed by atoms with Crippen LogP contribution >= 0.6 is 11.8 Å². The maximum absolute atomic E-state index is 13.2. The minimum Gasteiger partial charge on any atom is -0.325 e. The average Bonchev–Trinajstić information content (AvgIpc) is 2.85. The monoisotopic (exact) mass is 466 g/mol. The first-order valence-electron chi connectivity index (χ1n) is 11.1. The Labute approximate surface area is 204 Å². The van der Waals surface area contributed by atoms with E-state index in [1.165, 1.54) is 11.8 Å². The summed E-state index contributed by atoms with van der Waals surface area (Å²) in [5.41, 5.74) is 5.12. The van der Waals surface area contributed by atoms with Crippen molar-refractivity contribution in [1.82, 2.24) is 0 Å². The Kier molecular flexibility index (Phi) is 7.45. The molecule has 0 heterocycles.